The maximum absolute atomic E-state index is 13.1. The number of aliphatic hydroxyl groups is 1. The molecule has 1 fully saturated rings. The molecule has 1 unspecified atom stereocenters. The number of methoxy groups -OCH3 is 2. The van der Waals surface area contributed by atoms with Gasteiger partial charge in [0.05, 0.1) is 36.6 Å². The molecule has 2 heterocycles. The summed E-state index contributed by atoms with van der Waals surface area (Å²) in [5, 5.41) is 11.4. The average Bonchev–Trinajstić information content (AvgIpc) is 3.41. The second kappa shape index (κ2) is 8.61. The molecule has 1 amide bonds. The van der Waals surface area contributed by atoms with Gasteiger partial charge in [-0.15, -0.1) is 0 Å². The zero-order valence-corrected chi connectivity index (χ0v) is 18.5. The number of para-hydroxylation sites is 1. The Morgan fingerprint density at radius 3 is 2.31 bits per heavy atom. The molecule has 1 aliphatic heterocycles. The van der Waals surface area contributed by atoms with Crippen molar-refractivity contribution in [2.45, 2.75) is 6.04 Å². The lowest BCUT2D eigenvalue weighted by Gasteiger charge is -2.23. The molecule has 0 spiro atoms. The van der Waals surface area contributed by atoms with E-state index in [9.17, 15) is 14.7 Å². The molecular formula is C23H17Cl2NO6. The lowest BCUT2D eigenvalue weighted by Crippen LogP contribution is -2.29. The molecule has 1 N–H and O–H groups in total. The van der Waals surface area contributed by atoms with Gasteiger partial charge in [-0.2, -0.15) is 0 Å². The minimum absolute atomic E-state index is 0.0101. The number of rotatable bonds is 5. The lowest BCUT2D eigenvalue weighted by molar-refractivity contribution is -0.132. The molecular weight excluding hydrogens is 457 g/mol. The number of amides is 1. The molecule has 7 nitrogen and oxygen atoms in total. The Hall–Kier alpha value is -3.42. The topological polar surface area (TPSA) is 89.2 Å². The normalized spacial score (nSPS) is 17.6. The highest BCUT2D eigenvalue weighted by molar-refractivity contribution is 6.51. The standard InChI is InChI=1S/C23H17Cl2NO6/c1-30-21-13(11-14(24)22(31-2)17(21)25)19(27)16-18(15-9-6-10-32-15)26(23(29)20(16)28)12-7-4-3-5-8-12/h3-11,18,27H,1-2H3/b19-16-. The maximum Gasteiger partial charge on any atom is 0.300 e. The largest absolute Gasteiger partial charge is 0.507 e. The van der Waals surface area contributed by atoms with Crippen LogP contribution in [0.1, 0.15) is 17.4 Å². The summed E-state index contributed by atoms with van der Waals surface area (Å²) in [7, 11) is 2.73. The van der Waals surface area contributed by atoms with Gasteiger partial charge in [0.25, 0.3) is 11.7 Å². The number of aliphatic hydroxyl groups excluding tert-OH is 1. The monoisotopic (exact) mass is 473 g/mol. The summed E-state index contributed by atoms with van der Waals surface area (Å²) < 4.78 is 16.1. The van der Waals surface area contributed by atoms with Crippen molar-refractivity contribution in [3.8, 4) is 11.5 Å². The van der Waals surface area contributed by atoms with E-state index in [1.54, 1.807) is 42.5 Å². The SMILES string of the molecule is COc1c(Cl)cc(/C(O)=C2/C(=O)C(=O)N(c3ccccc3)C2c2ccco2)c(OC)c1Cl. The third-order valence-electron chi connectivity index (χ3n) is 5.09. The zero-order chi connectivity index (χ0) is 23.0. The molecule has 1 aromatic heterocycles. The summed E-state index contributed by atoms with van der Waals surface area (Å²) in [5.74, 6) is -1.74. The Kier molecular flexibility index (Phi) is 5.86. The van der Waals surface area contributed by atoms with E-state index in [0.717, 1.165) is 0 Å². The van der Waals surface area contributed by atoms with Gasteiger partial charge < -0.3 is 19.0 Å². The molecule has 0 radical (unpaired) electrons. The number of hydrogen-bond acceptors (Lipinski definition) is 6. The van der Waals surface area contributed by atoms with E-state index in [2.05, 4.69) is 0 Å². The van der Waals surface area contributed by atoms with Crippen LogP contribution in [0.5, 0.6) is 11.5 Å². The van der Waals surface area contributed by atoms with Gasteiger partial charge in [0.2, 0.25) is 0 Å². The second-order valence-electron chi connectivity index (χ2n) is 6.81. The van der Waals surface area contributed by atoms with Crippen molar-refractivity contribution in [3.63, 3.8) is 0 Å². The van der Waals surface area contributed by atoms with Gasteiger partial charge in [-0.1, -0.05) is 41.4 Å². The predicted molar refractivity (Wildman–Crippen MR) is 119 cm³/mol. The smallest absolute Gasteiger partial charge is 0.300 e. The number of Topliss-reactive ketones (excluding diaryl/α,β-unsaturated/α-hetero) is 1. The van der Waals surface area contributed by atoms with Crippen molar-refractivity contribution in [1.29, 1.82) is 0 Å². The Morgan fingerprint density at radius 2 is 1.72 bits per heavy atom. The van der Waals surface area contributed by atoms with E-state index in [4.69, 9.17) is 37.1 Å². The molecule has 9 heteroatoms. The fourth-order valence-corrected chi connectivity index (χ4v) is 4.38. The van der Waals surface area contributed by atoms with Crippen LogP contribution in [0.4, 0.5) is 5.69 Å². The average molecular weight is 474 g/mol. The number of carbonyl (C=O) groups is 2. The number of nitrogens with zero attached hydrogens (tertiary/aromatic N) is 1. The van der Waals surface area contributed by atoms with Gasteiger partial charge in [-0.25, -0.2) is 0 Å². The first-order valence-corrected chi connectivity index (χ1v) is 10.2. The molecule has 1 aliphatic rings. The second-order valence-corrected chi connectivity index (χ2v) is 7.59. The van der Waals surface area contributed by atoms with E-state index in [1.165, 1.54) is 31.4 Å². The summed E-state index contributed by atoms with van der Waals surface area (Å²) in [4.78, 5) is 27.4. The van der Waals surface area contributed by atoms with E-state index in [1.807, 2.05) is 0 Å². The number of ether oxygens (including phenoxy) is 2. The quantitative estimate of drug-likeness (QED) is 0.310. The van der Waals surface area contributed by atoms with Crippen LogP contribution in [0.15, 0.2) is 64.8 Å². The summed E-state index contributed by atoms with van der Waals surface area (Å²) in [6.45, 7) is 0. The van der Waals surface area contributed by atoms with Crippen molar-refractivity contribution in [2.75, 3.05) is 19.1 Å². The maximum atomic E-state index is 13.1. The summed E-state index contributed by atoms with van der Waals surface area (Å²) in [6.07, 6.45) is 1.42. The fraction of sp³-hybridized carbons (Fsp3) is 0.130. The minimum atomic E-state index is -1.02. The molecule has 0 bridgehead atoms. The Labute approximate surface area is 193 Å². The first-order chi connectivity index (χ1) is 15.4. The van der Waals surface area contributed by atoms with Crippen LogP contribution in [-0.4, -0.2) is 31.0 Å². The summed E-state index contributed by atoms with van der Waals surface area (Å²) >= 11 is 12.6. The molecule has 32 heavy (non-hydrogen) atoms. The van der Waals surface area contributed by atoms with Gasteiger partial charge >= 0.3 is 0 Å². The van der Waals surface area contributed by atoms with Crippen molar-refractivity contribution in [3.05, 3.63) is 81.7 Å². The van der Waals surface area contributed by atoms with Gasteiger partial charge in [0, 0.05) is 5.69 Å². The van der Waals surface area contributed by atoms with E-state index in [-0.39, 0.29) is 32.7 Å². The molecule has 0 aliphatic carbocycles. The molecule has 2 aromatic carbocycles. The Bertz CT molecular complexity index is 1220. The third-order valence-corrected chi connectivity index (χ3v) is 5.71. The van der Waals surface area contributed by atoms with Crippen molar-refractivity contribution in [2.24, 2.45) is 0 Å². The minimum Gasteiger partial charge on any atom is -0.507 e. The number of carbonyl (C=O) groups excluding carboxylic acids is 2. The van der Waals surface area contributed by atoms with Gasteiger partial charge in [-0.3, -0.25) is 14.5 Å². The first-order valence-electron chi connectivity index (χ1n) is 9.40. The fourth-order valence-electron chi connectivity index (χ4n) is 3.70. The molecule has 1 atom stereocenters. The summed E-state index contributed by atoms with van der Waals surface area (Å²) in [6, 6.07) is 12.2. The third kappa shape index (κ3) is 3.39. The van der Waals surface area contributed by atoms with Crippen molar-refractivity contribution in [1.82, 2.24) is 0 Å². The number of furan rings is 1. The predicted octanol–water partition coefficient (Wildman–Crippen LogP) is 5.23. The first kappa shape index (κ1) is 21.8. The van der Waals surface area contributed by atoms with Crippen molar-refractivity contribution >= 4 is 46.3 Å². The van der Waals surface area contributed by atoms with Gasteiger partial charge in [0.15, 0.2) is 11.5 Å². The number of benzene rings is 2. The van der Waals surface area contributed by atoms with E-state index in [0.29, 0.717) is 11.4 Å². The van der Waals surface area contributed by atoms with E-state index >= 15 is 0 Å². The van der Waals surface area contributed by atoms with Crippen LogP contribution in [0.2, 0.25) is 10.0 Å². The number of hydrogen-bond donors (Lipinski definition) is 1. The van der Waals surface area contributed by atoms with Crippen LogP contribution < -0.4 is 14.4 Å². The molecule has 164 valence electrons. The highest BCUT2D eigenvalue weighted by Gasteiger charge is 2.48. The summed E-state index contributed by atoms with van der Waals surface area (Å²) in [5.41, 5.74) is 0.308. The molecule has 1 saturated heterocycles. The van der Waals surface area contributed by atoms with Crippen LogP contribution >= 0.6 is 23.2 Å². The van der Waals surface area contributed by atoms with Crippen LogP contribution in [0, 0.1) is 0 Å². The van der Waals surface area contributed by atoms with E-state index < -0.39 is 23.5 Å². The zero-order valence-electron chi connectivity index (χ0n) is 17.0. The van der Waals surface area contributed by atoms with Gasteiger partial charge in [-0.05, 0) is 30.3 Å². The Morgan fingerprint density at radius 1 is 1.03 bits per heavy atom. The van der Waals surface area contributed by atoms with Crippen molar-refractivity contribution < 1.29 is 28.6 Å². The highest BCUT2D eigenvalue weighted by Crippen LogP contribution is 2.48. The Balaban J connectivity index is 1.99. The molecule has 4 rings (SSSR count). The lowest BCUT2D eigenvalue weighted by atomic mass is 9.98. The highest BCUT2D eigenvalue weighted by atomic mass is 35.5. The van der Waals surface area contributed by atoms with Crippen LogP contribution in [-0.2, 0) is 9.59 Å². The number of ketones is 1. The van der Waals surface area contributed by atoms with Crippen LogP contribution in [0.25, 0.3) is 5.76 Å². The number of halogens is 2. The van der Waals surface area contributed by atoms with Crippen LogP contribution in [0.3, 0.4) is 0 Å². The molecule has 3 aromatic rings. The molecule has 0 saturated carbocycles. The number of anilines is 1. The van der Waals surface area contributed by atoms with Gasteiger partial charge in [0.1, 0.15) is 22.6 Å².